The van der Waals surface area contributed by atoms with Crippen molar-refractivity contribution in [1.29, 1.82) is 0 Å². The van der Waals surface area contributed by atoms with Crippen LogP contribution in [0.25, 0.3) is 22.4 Å². The second-order valence-electron chi connectivity index (χ2n) is 6.32. The average Bonchev–Trinajstić information content (AvgIpc) is 2.98. The maximum atomic E-state index is 6.12. The van der Waals surface area contributed by atoms with E-state index in [1.807, 2.05) is 49.4 Å². The predicted octanol–water partition coefficient (Wildman–Crippen LogP) is 4.22. The summed E-state index contributed by atoms with van der Waals surface area (Å²) < 4.78 is 2.23. The van der Waals surface area contributed by atoms with E-state index in [1.165, 1.54) is 5.56 Å². The second-order valence-corrected chi connectivity index (χ2v) is 6.32. The summed E-state index contributed by atoms with van der Waals surface area (Å²) in [6, 6.07) is 22.3. The highest BCUT2D eigenvalue weighted by Crippen LogP contribution is 2.28. The molecule has 0 unspecified atom stereocenters. The van der Waals surface area contributed by atoms with Crippen molar-refractivity contribution in [3.63, 3.8) is 0 Å². The Morgan fingerprint density at radius 2 is 1.68 bits per heavy atom. The molecule has 0 saturated heterocycles. The van der Waals surface area contributed by atoms with Crippen LogP contribution in [0.15, 0.2) is 66.7 Å². The van der Waals surface area contributed by atoms with Gasteiger partial charge in [-0.05, 0) is 48.4 Å². The van der Waals surface area contributed by atoms with Crippen LogP contribution in [-0.4, -0.2) is 9.55 Å². The lowest BCUT2D eigenvalue weighted by Gasteiger charge is -2.11. The summed E-state index contributed by atoms with van der Waals surface area (Å²) in [4.78, 5) is 4.85. The van der Waals surface area contributed by atoms with Gasteiger partial charge in [0.05, 0.1) is 11.0 Å². The molecule has 4 heteroatoms. The molecular weight excluding hydrogens is 308 g/mol. The minimum Gasteiger partial charge on any atom is -0.399 e. The van der Waals surface area contributed by atoms with Crippen molar-refractivity contribution >= 4 is 22.4 Å². The van der Waals surface area contributed by atoms with E-state index in [0.717, 1.165) is 45.9 Å². The lowest BCUT2D eigenvalue weighted by atomic mass is 10.1. The number of nitrogens with two attached hydrogens (primary N) is 2. The summed E-state index contributed by atoms with van der Waals surface area (Å²) in [5.74, 6) is 0.921. The molecule has 0 saturated carbocycles. The Morgan fingerprint density at radius 3 is 2.44 bits per heavy atom. The van der Waals surface area contributed by atoms with Crippen LogP contribution < -0.4 is 11.5 Å². The molecule has 0 radical (unpaired) electrons. The number of aryl methyl sites for hydroxylation is 1. The first-order valence-corrected chi connectivity index (χ1v) is 8.28. The Balaban J connectivity index is 1.88. The second kappa shape index (κ2) is 5.98. The van der Waals surface area contributed by atoms with E-state index in [-0.39, 0.29) is 0 Å². The van der Waals surface area contributed by atoms with E-state index in [0.29, 0.717) is 0 Å². The zero-order chi connectivity index (χ0) is 17.4. The molecule has 4 nitrogen and oxygen atoms in total. The number of para-hydroxylation sites is 2. The van der Waals surface area contributed by atoms with Crippen molar-refractivity contribution in [3.05, 3.63) is 77.9 Å². The SMILES string of the molecule is Cc1ccc(-c2nc3ccccc3n2Cc2ccc(N)cc2)cc1N. The highest BCUT2D eigenvalue weighted by molar-refractivity contribution is 5.81. The van der Waals surface area contributed by atoms with Gasteiger partial charge in [0.1, 0.15) is 5.82 Å². The van der Waals surface area contributed by atoms with Gasteiger partial charge in [-0.2, -0.15) is 0 Å². The Bertz CT molecular complexity index is 1050. The number of nitrogen functional groups attached to an aromatic ring is 2. The van der Waals surface area contributed by atoms with Crippen LogP contribution in [-0.2, 0) is 6.54 Å². The molecule has 124 valence electrons. The summed E-state index contributed by atoms with van der Waals surface area (Å²) in [5.41, 5.74) is 18.8. The number of anilines is 2. The van der Waals surface area contributed by atoms with Crippen LogP contribution in [0.3, 0.4) is 0 Å². The maximum absolute atomic E-state index is 6.12. The van der Waals surface area contributed by atoms with Crippen molar-refractivity contribution < 1.29 is 0 Å². The van der Waals surface area contributed by atoms with Gasteiger partial charge in [0.2, 0.25) is 0 Å². The van der Waals surface area contributed by atoms with Gasteiger partial charge in [-0.15, -0.1) is 0 Å². The van der Waals surface area contributed by atoms with Crippen LogP contribution in [0.2, 0.25) is 0 Å². The molecule has 1 aromatic heterocycles. The van der Waals surface area contributed by atoms with Crippen molar-refractivity contribution in [2.24, 2.45) is 0 Å². The minimum atomic E-state index is 0.726. The Kier molecular flexibility index (Phi) is 3.65. The van der Waals surface area contributed by atoms with Crippen molar-refractivity contribution in [2.75, 3.05) is 11.5 Å². The molecule has 0 amide bonds. The fraction of sp³-hybridized carbons (Fsp3) is 0.0952. The lowest BCUT2D eigenvalue weighted by molar-refractivity contribution is 0.834. The van der Waals surface area contributed by atoms with Crippen LogP contribution >= 0.6 is 0 Å². The van der Waals surface area contributed by atoms with Gasteiger partial charge in [0.15, 0.2) is 0 Å². The molecule has 4 N–H and O–H groups in total. The van der Waals surface area contributed by atoms with Crippen molar-refractivity contribution in [1.82, 2.24) is 9.55 Å². The number of nitrogens with zero attached hydrogens (tertiary/aromatic N) is 2. The molecule has 0 atom stereocenters. The molecular formula is C21H20N4. The quantitative estimate of drug-likeness (QED) is 0.553. The highest BCUT2D eigenvalue weighted by atomic mass is 15.1. The van der Waals surface area contributed by atoms with E-state index < -0.39 is 0 Å². The van der Waals surface area contributed by atoms with Gasteiger partial charge < -0.3 is 16.0 Å². The number of rotatable bonds is 3. The van der Waals surface area contributed by atoms with Gasteiger partial charge in [-0.3, -0.25) is 0 Å². The molecule has 0 aliphatic heterocycles. The van der Waals surface area contributed by atoms with E-state index in [2.05, 4.69) is 28.8 Å². The van der Waals surface area contributed by atoms with Gasteiger partial charge in [0, 0.05) is 23.5 Å². The van der Waals surface area contributed by atoms with Gasteiger partial charge in [0.25, 0.3) is 0 Å². The van der Waals surface area contributed by atoms with Crippen molar-refractivity contribution in [2.45, 2.75) is 13.5 Å². The zero-order valence-electron chi connectivity index (χ0n) is 14.1. The zero-order valence-corrected chi connectivity index (χ0v) is 14.1. The molecule has 4 rings (SSSR count). The van der Waals surface area contributed by atoms with E-state index in [4.69, 9.17) is 16.5 Å². The fourth-order valence-corrected chi connectivity index (χ4v) is 3.04. The maximum Gasteiger partial charge on any atom is 0.141 e. The first-order chi connectivity index (χ1) is 12.1. The van der Waals surface area contributed by atoms with E-state index >= 15 is 0 Å². The van der Waals surface area contributed by atoms with Crippen LogP contribution in [0, 0.1) is 6.92 Å². The number of imidazole rings is 1. The van der Waals surface area contributed by atoms with E-state index in [9.17, 15) is 0 Å². The van der Waals surface area contributed by atoms with Gasteiger partial charge in [-0.1, -0.05) is 36.4 Å². The highest BCUT2D eigenvalue weighted by Gasteiger charge is 2.13. The topological polar surface area (TPSA) is 69.9 Å². The molecule has 4 aromatic rings. The molecule has 25 heavy (non-hydrogen) atoms. The molecule has 0 bridgehead atoms. The predicted molar refractivity (Wildman–Crippen MR) is 104 cm³/mol. The summed E-state index contributed by atoms with van der Waals surface area (Å²) >= 11 is 0. The number of hydrogen-bond acceptors (Lipinski definition) is 3. The standard InChI is InChI=1S/C21H20N4/c1-14-6-9-16(12-18(14)23)21-24-19-4-2-3-5-20(19)25(21)13-15-7-10-17(22)11-8-15/h2-12H,13,22-23H2,1H3. The summed E-state index contributed by atoms with van der Waals surface area (Å²) in [5, 5.41) is 0. The first kappa shape index (κ1) is 15.3. The lowest BCUT2D eigenvalue weighted by Crippen LogP contribution is -2.03. The summed E-state index contributed by atoms with van der Waals surface area (Å²) in [6.45, 7) is 2.74. The summed E-state index contributed by atoms with van der Waals surface area (Å²) in [7, 11) is 0. The fourth-order valence-electron chi connectivity index (χ4n) is 3.04. The summed E-state index contributed by atoms with van der Waals surface area (Å²) in [6.07, 6.45) is 0. The van der Waals surface area contributed by atoms with Crippen LogP contribution in [0.5, 0.6) is 0 Å². The number of benzene rings is 3. The molecule has 0 aliphatic rings. The third kappa shape index (κ3) is 2.83. The molecule has 3 aromatic carbocycles. The van der Waals surface area contributed by atoms with Crippen molar-refractivity contribution in [3.8, 4) is 11.4 Å². The molecule has 0 fully saturated rings. The normalized spacial score (nSPS) is 11.1. The van der Waals surface area contributed by atoms with E-state index in [1.54, 1.807) is 0 Å². The molecule has 1 heterocycles. The average molecular weight is 328 g/mol. The molecule has 0 spiro atoms. The monoisotopic (exact) mass is 328 g/mol. The third-order valence-electron chi connectivity index (χ3n) is 4.51. The smallest absolute Gasteiger partial charge is 0.141 e. The number of hydrogen-bond donors (Lipinski definition) is 2. The van der Waals surface area contributed by atoms with Gasteiger partial charge in [-0.25, -0.2) is 4.98 Å². The Labute approximate surface area is 146 Å². The third-order valence-corrected chi connectivity index (χ3v) is 4.51. The van der Waals surface area contributed by atoms with Crippen LogP contribution in [0.4, 0.5) is 11.4 Å². The Hall–Kier alpha value is -3.27. The van der Waals surface area contributed by atoms with Crippen LogP contribution in [0.1, 0.15) is 11.1 Å². The minimum absolute atomic E-state index is 0.726. The molecule has 0 aliphatic carbocycles. The van der Waals surface area contributed by atoms with Gasteiger partial charge >= 0.3 is 0 Å². The number of aromatic nitrogens is 2. The Morgan fingerprint density at radius 1 is 0.920 bits per heavy atom. The first-order valence-electron chi connectivity index (χ1n) is 8.28. The largest absolute Gasteiger partial charge is 0.399 e. The number of fused-ring (bicyclic) bond motifs is 1.